The van der Waals surface area contributed by atoms with Gasteiger partial charge in [-0.25, -0.2) is 0 Å². The van der Waals surface area contributed by atoms with E-state index >= 15 is 0 Å². The Labute approximate surface area is 230 Å². The molecule has 0 saturated heterocycles. The highest BCUT2D eigenvalue weighted by Crippen LogP contribution is 2.36. The van der Waals surface area contributed by atoms with Crippen molar-refractivity contribution in [3.63, 3.8) is 0 Å². The van der Waals surface area contributed by atoms with Crippen molar-refractivity contribution in [3.05, 3.63) is 117 Å². The summed E-state index contributed by atoms with van der Waals surface area (Å²) in [5, 5.41) is 21.9. The van der Waals surface area contributed by atoms with Crippen molar-refractivity contribution in [2.75, 3.05) is 13.2 Å². The topological polar surface area (TPSA) is 74.5 Å². The van der Waals surface area contributed by atoms with E-state index in [1.165, 1.54) is 0 Å². The molecule has 37 heavy (non-hydrogen) atoms. The lowest BCUT2D eigenvalue weighted by molar-refractivity contribution is 0.282. The summed E-state index contributed by atoms with van der Waals surface area (Å²) in [5.74, 6) is 1.12. The summed E-state index contributed by atoms with van der Waals surface area (Å²) in [4.78, 5) is 0. The third-order valence-corrected chi connectivity index (χ3v) is 6.95. The van der Waals surface area contributed by atoms with Crippen LogP contribution in [0.3, 0.4) is 0 Å². The van der Waals surface area contributed by atoms with Crippen LogP contribution in [-0.2, 0) is 19.8 Å². The average Bonchev–Trinajstić information content (AvgIpc) is 2.93. The van der Waals surface area contributed by atoms with Crippen molar-refractivity contribution in [1.29, 1.82) is 5.26 Å². The minimum atomic E-state index is 0.0307. The fourth-order valence-electron chi connectivity index (χ4n) is 3.84. The maximum absolute atomic E-state index is 9.18. The van der Waals surface area contributed by atoms with E-state index in [-0.39, 0.29) is 13.2 Å². The van der Waals surface area contributed by atoms with E-state index in [2.05, 4.69) is 45.5 Å². The fraction of sp³-hybridized carbons (Fsp3) is 0.167. The molecule has 0 saturated carbocycles. The Kier molecular flexibility index (Phi) is 9.58. The van der Waals surface area contributed by atoms with Gasteiger partial charge in [0.2, 0.25) is 0 Å². The minimum absolute atomic E-state index is 0.0307. The molecule has 0 heterocycles. The van der Waals surface area contributed by atoms with E-state index in [0.717, 1.165) is 32.3 Å². The molecule has 4 rings (SSSR count). The normalized spacial score (nSPS) is 10.6. The molecule has 0 aliphatic rings. The van der Waals surface area contributed by atoms with Gasteiger partial charge < -0.3 is 19.9 Å². The molecular formula is C30H26BrClN2O3. The number of hydrogen-bond acceptors (Lipinski definition) is 5. The third-order valence-electron chi connectivity index (χ3n) is 5.72. The molecular weight excluding hydrogens is 552 g/mol. The van der Waals surface area contributed by atoms with Gasteiger partial charge >= 0.3 is 0 Å². The van der Waals surface area contributed by atoms with E-state index in [9.17, 15) is 5.26 Å². The van der Waals surface area contributed by atoms with Crippen LogP contribution >= 0.6 is 27.5 Å². The number of ether oxygens (including phenoxy) is 2. The smallest absolute Gasteiger partial charge is 0.142 e. The second kappa shape index (κ2) is 13.3. The van der Waals surface area contributed by atoms with Gasteiger partial charge in [0.25, 0.3) is 0 Å². The zero-order valence-corrected chi connectivity index (χ0v) is 22.4. The monoisotopic (exact) mass is 576 g/mol. The quantitative estimate of drug-likeness (QED) is 0.190. The lowest BCUT2D eigenvalue weighted by Crippen LogP contribution is -2.18. The first-order chi connectivity index (χ1) is 18.1. The summed E-state index contributed by atoms with van der Waals surface area (Å²) < 4.78 is 13.3. The molecule has 7 heteroatoms. The Balaban J connectivity index is 1.55. The maximum Gasteiger partial charge on any atom is 0.142 e. The Morgan fingerprint density at radius 3 is 2.43 bits per heavy atom. The maximum atomic E-state index is 9.18. The lowest BCUT2D eigenvalue weighted by Gasteiger charge is -2.17. The van der Waals surface area contributed by atoms with Crippen LogP contribution < -0.4 is 14.8 Å². The van der Waals surface area contributed by atoms with Crippen LogP contribution in [0.25, 0.3) is 11.1 Å². The summed E-state index contributed by atoms with van der Waals surface area (Å²) in [7, 11) is 0. The number of rotatable bonds is 11. The number of aliphatic hydroxyl groups is 1. The number of nitrogens with one attached hydrogen (secondary N) is 1. The number of nitrogens with zero attached hydrogens (tertiary/aromatic N) is 1. The number of benzene rings is 4. The van der Waals surface area contributed by atoms with Crippen LogP contribution in [0.4, 0.5) is 0 Å². The summed E-state index contributed by atoms with van der Waals surface area (Å²) >= 11 is 10.3. The molecule has 0 amide bonds. The summed E-state index contributed by atoms with van der Waals surface area (Å²) in [6.07, 6.45) is 0. The van der Waals surface area contributed by atoms with E-state index in [1.807, 2.05) is 48.5 Å². The molecule has 0 bridgehead atoms. The van der Waals surface area contributed by atoms with Crippen molar-refractivity contribution in [1.82, 2.24) is 5.32 Å². The molecule has 188 valence electrons. The third kappa shape index (κ3) is 7.12. The lowest BCUT2D eigenvalue weighted by atomic mass is 10.0. The zero-order valence-electron chi connectivity index (χ0n) is 20.1. The largest absolute Gasteiger partial charge is 0.488 e. The van der Waals surface area contributed by atoms with Crippen LogP contribution in [0.5, 0.6) is 11.5 Å². The molecule has 4 aromatic carbocycles. The molecule has 0 atom stereocenters. The Hall–Kier alpha value is -3.34. The fourth-order valence-corrected chi connectivity index (χ4v) is 4.69. The predicted molar refractivity (Wildman–Crippen MR) is 150 cm³/mol. The van der Waals surface area contributed by atoms with Crippen molar-refractivity contribution in [2.24, 2.45) is 0 Å². The number of nitriles is 1. The first kappa shape index (κ1) is 26.7. The van der Waals surface area contributed by atoms with Crippen LogP contribution in [0.15, 0.2) is 89.4 Å². The van der Waals surface area contributed by atoms with Gasteiger partial charge in [-0.3, -0.25) is 0 Å². The Morgan fingerprint density at radius 1 is 0.865 bits per heavy atom. The molecule has 0 spiro atoms. The summed E-state index contributed by atoms with van der Waals surface area (Å²) in [6.45, 7) is 1.55. The molecule has 4 aromatic rings. The summed E-state index contributed by atoms with van der Waals surface area (Å²) in [6, 6.07) is 29.3. The van der Waals surface area contributed by atoms with Gasteiger partial charge in [0, 0.05) is 34.8 Å². The molecule has 2 N–H and O–H groups in total. The highest BCUT2D eigenvalue weighted by Gasteiger charge is 2.14. The van der Waals surface area contributed by atoms with Gasteiger partial charge in [-0.2, -0.15) is 5.26 Å². The average molecular weight is 578 g/mol. The van der Waals surface area contributed by atoms with E-state index in [4.69, 9.17) is 26.2 Å². The first-order valence-corrected chi connectivity index (χ1v) is 13.0. The van der Waals surface area contributed by atoms with Crippen molar-refractivity contribution < 1.29 is 14.6 Å². The minimum Gasteiger partial charge on any atom is -0.488 e. The van der Waals surface area contributed by atoms with Gasteiger partial charge in [-0.1, -0.05) is 72.3 Å². The van der Waals surface area contributed by atoms with Crippen LogP contribution in [0.1, 0.15) is 22.3 Å². The standard InChI is InChI=1S/C30H26BrClN2O3/c31-30-24(10-5-11-26(30)23-8-2-1-3-9-23)20-37-29-16-28(25(15-27(29)32)18-34-12-13-35)36-19-22-7-4-6-21(14-22)17-33/h1-11,14-16,34-35H,12-13,18-20H2. The zero-order chi connectivity index (χ0) is 26.0. The van der Waals surface area contributed by atoms with Crippen LogP contribution in [0.2, 0.25) is 5.02 Å². The molecule has 0 aliphatic heterocycles. The molecule has 0 fully saturated rings. The van der Waals surface area contributed by atoms with E-state index in [1.54, 1.807) is 18.2 Å². The second-order valence-corrected chi connectivity index (χ2v) is 9.53. The molecule has 0 aromatic heterocycles. The Bertz CT molecular complexity index is 1390. The number of hydrogen-bond donors (Lipinski definition) is 2. The van der Waals surface area contributed by atoms with Crippen molar-refractivity contribution in [2.45, 2.75) is 19.8 Å². The van der Waals surface area contributed by atoms with Crippen LogP contribution in [0, 0.1) is 11.3 Å². The SMILES string of the molecule is N#Cc1cccc(COc2cc(OCc3cccc(-c4ccccc4)c3Br)c(Cl)cc2CNCCO)c1. The first-order valence-electron chi connectivity index (χ1n) is 11.8. The van der Waals surface area contributed by atoms with Gasteiger partial charge in [0.1, 0.15) is 24.7 Å². The molecule has 0 aliphatic carbocycles. The number of aliphatic hydroxyl groups excluding tert-OH is 1. The Morgan fingerprint density at radius 2 is 1.65 bits per heavy atom. The van der Waals surface area contributed by atoms with E-state index in [0.29, 0.717) is 41.8 Å². The number of halogens is 2. The molecule has 5 nitrogen and oxygen atoms in total. The van der Waals surface area contributed by atoms with E-state index < -0.39 is 0 Å². The highest BCUT2D eigenvalue weighted by molar-refractivity contribution is 9.10. The predicted octanol–water partition coefficient (Wildman–Crippen LogP) is 6.88. The van der Waals surface area contributed by atoms with Gasteiger partial charge in [0.15, 0.2) is 0 Å². The van der Waals surface area contributed by atoms with Gasteiger partial charge in [0.05, 0.1) is 23.3 Å². The highest BCUT2D eigenvalue weighted by atomic mass is 79.9. The van der Waals surface area contributed by atoms with Crippen molar-refractivity contribution in [3.8, 4) is 28.7 Å². The van der Waals surface area contributed by atoms with Gasteiger partial charge in [-0.15, -0.1) is 0 Å². The second-order valence-electron chi connectivity index (χ2n) is 8.32. The van der Waals surface area contributed by atoms with Gasteiger partial charge in [-0.05, 0) is 50.8 Å². The van der Waals surface area contributed by atoms with Crippen molar-refractivity contribution >= 4 is 27.5 Å². The molecule has 0 unspecified atom stereocenters. The summed E-state index contributed by atoms with van der Waals surface area (Å²) in [5.41, 5.74) is 5.49. The molecule has 0 radical (unpaired) electrons. The van der Waals surface area contributed by atoms with Crippen LogP contribution in [-0.4, -0.2) is 18.3 Å².